The summed E-state index contributed by atoms with van der Waals surface area (Å²) in [5, 5.41) is 0. The molecule has 0 radical (unpaired) electrons. The van der Waals surface area contributed by atoms with Gasteiger partial charge in [0.05, 0.1) is 19.1 Å². The number of aromatic nitrogens is 3. The molecule has 7 nitrogen and oxygen atoms in total. The van der Waals surface area contributed by atoms with E-state index in [1.54, 1.807) is 25.2 Å². The molecule has 2 saturated heterocycles. The van der Waals surface area contributed by atoms with Crippen molar-refractivity contribution in [2.75, 3.05) is 33.8 Å². The van der Waals surface area contributed by atoms with Crippen LogP contribution < -0.4 is 0 Å². The highest BCUT2D eigenvalue weighted by atomic mass is 16.5. The maximum Gasteiger partial charge on any atom is 0.224 e. The van der Waals surface area contributed by atoms with Gasteiger partial charge in [0.1, 0.15) is 5.82 Å². The SMILES string of the molecule is CN(C)C(=O)C[C@H]1CN2C[C@H](n3ccnc3-c3cccnc3)C[C@H]2CO1. The Balaban J connectivity index is 1.45. The van der Waals surface area contributed by atoms with Crippen LogP contribution in [0.4, 0.5) is 0 Å². The van der Waals surface area contributed by atoms with Crippen molar-refractivity contribution in [1.29, 1.82) is 0 Å². The fourth-order valence-electron chi connectivity index (χ4n) is 3.94. The van der Waals surface area contributed by atoms with E-state index in [4.69, 9.17) is 4.74 Å². The van der Waals surface area contributed by atoms with Crippen molar-refractivity contribution in [2.45, 2.75) is 31.0 Å². The molecule has 4 heterocycles. The van der Waals surface area contributed by atoms with E-state index in [-0.39, 0.29) is 12.0 Å². The van der Waals surface area contributed by atoms with E-state index in [0.717, 1.165) is 30.9 Å². The molecule has 1 amide bonds. The largest absolute Gasteiger partial charge is 0.375 e. The van der Waals surface area contributed by atoms with E-state index in [9.17, 15) is 4.79 Å². The van der Waals surface area contributed by atoms with Gasteiger partial charge >= 0.3 is 0 Å². The lowest BCUT2D eigenvalue weighted by molar-refractivity contribution is -0.134. The first kappa shape index (κ1) is 17.2. The Labute approximate surface area is 153 Å². The molecule has 2 fully saturated rings. The molecule has 0 N–H and O–H groups in total. The molecule has 0 aliphatic carbocycles. The Morgan fingerprint density at radius 1 is 1.31 bits per heavy atom. The third-order valence-corrected chi connectivity index (χ3v) is 5.35. The number of fused-ring (bicyclic) bond motifs is 1. The summed E-state index contributed by atoms with van der Waals surface area (Å²) < 4.78 is 8.23. The van der Waals surface area contributed by atoms with Gasteiger partial charge in [-0.1, -0.05) is 0 Å². The zero-order chi connectivity index (χ0) is 18.1. The molecule has 138 valence electrons. The van der Waals surface area contributed by atoms with E-state index in [1.807, 2.05) is 24.5 Å². The minimum absolute atomic E-state index is 0.0134. The Bertz CT molecular complexity index is 760. The smallest absolute Gasteiger partial charge is 0.224 e. The predicted molar refractivity (Wildman–Crippen MR) is 97.5 cm³/mol. The lowest BCUT2D eigenvalue weighted by atomic mass is 10.1. The van der Waals surface area contributed by atoms with Crippen LogP contribution in [0.15, 0.2) is 36.9 Å². The fourth-order valence-corrected chi connectivity index (χ4v) is 3.94. The van der Waals surface area contributed by atoms with E-state index < -0.39 is 0 Å². The molecule has 0 unspecified atom stereocenters. The number of rotatable bonds is 4. The monoisotopic (exact) mass is 355 g/mol. The molecular weight excluding hydrogens is 330 g/mol. The highest BCUT2D eigenvalue weighted by Gasteiger charge is 2.39. The molecule has 7 heteroatoms. The van der Waals surface area contributed by atoms with Gasteiger partial charge in [0.25, 0.3) is 0 Å². The number of pyridine rings is 1. The van der Waals surface area contributed by atoms with Crippen LogP contribution in [0, 0.1) is 0 Å². The van der Waals surface area contributed by atoms with Gasteiger partial charge in [-0.05, 0) is 18.6 Å². The highest BCUT2D eigenvalue weighted by Crippen LogP contribution is 2.33. The Morgan fingerprint density at radius 3 is 2.96 bits per heavy atom. The summed E-state index contributed by atoms with van der Waals surface area (Å²) in [5.74, 6) is 1.08. The number of amides is 1. The van der Waals surface area contributed by atoms with Crippen molar-refractivity contribution in [1.82, 2.24) is 24.3 Å². The summed E-state index contributed by atoms with van der Waals surface area (Å²) in [6.07, 6.45) is 9.02. The number of hydrogen-bond donors (Lipinski definition) is 0. The van der Waals surface area contributed by atoms with Crippen LogP contribution in [0.3, 0.4) is 0 Å². The highest BCUT2D eigenvalue weighted by molar-refractivity contribution is 5.76. The van der Waals surface area contributed by atoms with Gasteiger partial charge in [0.2, 0.25) is 5.91 Å². The van der Waals surface area contributed by atoms with Crippen LogP contribution in [-0.4, -0.2) is 76.2 Å². The van der Waals surface area contributed by atoms with Gasteiger partial charge in [-0.3, -0.25) is 14.7 Å². The first-order chi connectivity index (χ1) is 12.6. The van der Waals surface area contributed by atoms with Crippen molar-refractivity contribution in [2.24, 2.45) is 0 Å². The molecule has 2 aromatic rings. The van der Waals surface area contributed by atoms with Crippen molar-refractivity contribution in [3.63, 3.8) is 0 Å². The fraction of sp³-hybridized carbons (Fsp3) is 0.526. The van der Waals surface area contributed by atoms with Gasteiger partial charge < -0.3 is 14.2 Å². The predicted octanol–water partition coefficient (Wildman–Crippen LogP) is 1.44. The molecule has 0 spiro atoms. The maximum absolute atomic E-state index is 12.0. The first-order valence-corrected chi connectivity index (χ1v) is 9.11. The van der Waals surface area contributed by atoms with E-state index in [0.29, 0.717) is 25.1 Å². The van der Waals surface area contributed by atoms with Gasteiger partial charge in [-0.15, -0.1) is 0 Å². The topological polar surface area (TPSA) is 63.5 Å². The van der Waals surface area contributed by atoms with Gasteiger partial charge in [-0.2, -0.15) is 0 Å². The third kappa shape index (κ3) is 3.37. The normalized spacial score (nSPS) is 25.8. The molecule has 0 aromatic carbocycles. The molecule has 2 aliphatic heterocycles. The van der Waals surface area contributed by atoms with Crippen LogP contribution in [0.25, 0.3) is 11.4 Å². The standard InChI is InChI=1S/C19H25N5O2/c1-22(2)18(25)9-17-12-23-11-15(8-16(23)13-26-17)24-7-6-21-19(24)14-4-3-5-20-10-14/h3-7,10,15-17H,8-9,11-13H2,1-2H3/t15-,16+,17+/m1/s1. The van der Waals surface area contributed by atoms with Crippen molar-refractivity contribution in [3.05, 3.63) is 36.9 Å². The minimum atomic E-state index is -0.0134. The summed E-state index contributed by atoms with van der Waals surface area (Å²) in [4.78, 5) is 24.8. The number of hydrogen-bond acceptors (Lipinski definition) is 5. The summed E-state index contributed by atoms with van der Waals surface area (Å²) in [6.45, 7) is 2.47. The number of morpholine rings is 1. The number of carbonyl (C=O) groups is 1. The Kier molecular flexibility index (Phi) is 4.74. The number of imidazole rings is 1. The minimum Gasteiger partial charge on any atom is -0.375 e. The summed E-state index contributed by atoms with van der Waals surface area (Å²) >= 11 is 0. The summed E-state index contributed by atoms with van der Waals surface area (Å²) in [5.41, 5.74) is 1.04. The van der Waals surface area contributed by atoms with Crippen LogP contribution in [0.2, 0.25) is 0 Å². The summed E-state index contributed by atoms with van der Waals surface area (Å²) in [7, 11) is 3.58. The van der Waals surface area contributed by atoms with Gasteiger partial charge in [0.15, 0.2) is 0 Å². The molecule has 2 aromatic heterocycles. The lowest BCUT2D eigenvalue weighted by Crippen LogP contribution is -2.47. The van der Waals surface area contributed by atoms with Crippen LogP contribution in [-0.2, 0) is 9.53 Å². The quantitative estimate of drug-likeness (QED) is 0.830. The van der Waals surface area contributed by atoms with Crippen LogP contribution >= 0.6 is 0 Å². The van der Waals surface area contributed by atoms with E-state index >= 15 is 0 Å². The maximum atomic E-state index is 12.0. The molecule has 3 atom stereocenters. The zero-order valence-corrected chi connectivity index (χ0v) is 15.3. The number of nitrogens with zero attached hydrogens (tertiary/aromatic N) is 5. The van der Waals surface area contributed by atoms with Crippen molar-refractivity contribution in [3.8, 4) is 11.4 Å². The first-order valence-electron chi connectivity index (χ1n) is 9.11. The Hall–Kier alpha value is -2.25. The second-order valence-corrected chi connectivity index (χ2v) is 7.34. The molecule has 26 heavy (non-hydrogen) atoms. The number of ether oxygens (including phenoxy) is 1. The van der Waals surface area contributed by atoms with Gasteiger partial charge in [0, 0.05) is 69.6 Å². The Morgan fingerprint density at radius 2 is 2.19 bits per heavy atom. The number of carbonyl (C=O) groups excluding carboxylic acids is 1. The molecule has 2 aliphatic rings. The van der Waals surface area contributed by atoms with E-state index in [1.165, 1.54) is 0 Å². The zero-order valence-electron chi connectivity index (χ0n) is 15.3. The average Bonchev–Trinajstić information content (AvgIpc) is 3.28. The van der Waals surface area contributed by atoms with Crippen molar-refractivity contribution < 1.29 is 9.53 Å². The lowest BCUT2D eigenvalue weighted by Gasteiger charge is -2.35. The average molecular weight is 355 g/mol. The van der Waals surface area contributed by atoms with Crippen LogP contribution in [0.5, 0.6) is 0 Å². The van der Waals surface area contributed by atoms with E-state index in [2.05, 4.69) is 25.6 Å². The summed E-state index contributed by atoms with van der Waals surface area (Å²) in [6, 6.07) is 4.76. The second kappa shape index (κ2) is 7.17. The molecule has 0 bridgehead atoms. The van der Waals surface area contributed by atoms with Crippen LogP contribution in [0.1, 0.15) is 18.9 Å². The molecule has 4 rings (SSSR count). The van der Waals surface area contributed by atoms with Crippen molar-refractivity contribution >= 4 is 5.91 Å². The van der Waals surface area contributed by atoms with Gasteiger partial charge in [-0.25, -0.2) is 4.98 Å². The molecule has 0 saturated carbocycles. The second-order valence-electron chi connectivity index (χ2n) is 7.34. The third-order valence-electron chi connectivity index (χ3n) is 5.35. The molecular formula is C19H25N5O2.